The van der Waals surface area contributed by atoms with Crippen LogP contribution < -0.4 is 0 Å². The van der Waals surface area contributed by atoms with Gasteiger partial charge in [-0.1, -0.05) is 0 Å². The van der Waals surface area contributed by atoms with Gasteiger partial charge in [-0.05, 0) is 0 Å². The third-order valence-corrected chi connectivity index (χ3v) is 6.29. The Labute approximate surface area is 58.7 Å². The number of aliphatic hydroxyl groups is 1. The van der Waals surface area contributed by atoms with Crippen molar-refractivity contribution in [2.75, 3.05) is 6.61 Å². The van der Waals surface area contributed by atoms with Crippen LogP contribution in [-0.4, -0.2) is 22.3 Å². The van der Waals surface area contributed by atoms with Gasteiger partial charge in [-0.2, -0.15) is 0 Å². The molecule has 0 saturated heterocycles. The molecule has 0 fully saturated rings. The normalized spacial score (nSPS) is 17.4. The standard InChI is InChI=1S/C5H14AsBrO/c1-6(2,3,7)4-5-8/h8H,4-5H2,1-3H3. The summed E-state index contributed by atoms with van der Waals surface area (Å²) in [5, 5.41) is 9.54. The van der Waals surface area contributed by atoms with Crippen molar-refractivity contribution in [3.63, 3.8) is 0 Å². The number of hydrogen-bond donors (Lipinski definition) is 1. The molecular weight excluding hydrogens is 231 g/mol. The Morgan fingerprint density at radius 2 is 1.75 bits per heavy atom. The molecule has 0 amide bonds. The molecule has 0 aromatic rings. The van der Waals surface area contributed by atoms with E-state index in [0.717, 1.165) is 5.21 Å². The Balaban J connectivity index is 3.73. The summed E-state index contributed by atoms with van der Waals surface area (Å²) < 4.78 is 0. The first kappa shape index (κ1) is 9.00. The second-order valence-corrected chi connectivity index (χ2v) is 30.2. The van der Waals surface area contributed by atoms with Crippen LogP contribution in [0.5, 0.6) is 0 Å². The van der Waals surface area contributed by atoms with Gasteiger partial charge in [-0.25, -0.2) is 0 Å². The van der Waals surface area contributed by atoms with E-state index in [2.05, 4.69) is 31.1 Å². The van der Waals surface area contributed by atoms with Gasteiger partial charge in [0.25, 0.3) is 0 Å². The van der Waals surface area contributed by atoms with E-state index in [1.807, 2.05) is 0 Å². The van der Waals surface area contributed by atoms with E-state index in [4.69, 9.17) is 5.11 Å². The summed E-state index contributed by atoms with van der Waals surface area (Å²) in [6, 6.07) is 0. The van der Waals surface area contributed by atoms with Crippen molar-refractivity contribution in [2.45, 2.75) is 22.3 Å². The van der Waals surface area contributed by atoms with Crippen molar-refractivity contribution in [3.05, 3.63) is 0 Å². The molecule has 8 heavy (non-hydrogen) atoms. The van der Waals surface area contributed by atoms with Crippen molar-refractivity contribution in [2.24, 2.45) is 0 Å². The molecule has 0 radical (unpaired) electrons. The van der Waals surface area contributed by atoms with Gasteiger partial charge in [0.05, 0.1) is 0 Å². The second kappa shape index (κ2) is 2.32. The van der Waals surface area contributed by atoms with E-state index in [1.165, 1.54) is 0 Å². The Bertz CT molecular complexity index is 74.9. The average molecular weight is 245 g/mol. The van der Waals surface area contributed by atoms with Gasteiger partial charge < -0.3 is 0 Å². The summed E-state index contributed by atoms with van der Waals surface area (Å²) in [5.74, 6) is 0. The Kier molecular flexibility index (Phi) is 2.61. The summed E-state index contributed by atoms with van der Waals surface area (Å²) >= 11 is 3.66. The molecule has 0 aliphatic heterocycles. The first-order valence-corrected chi connectivity index (χ1v) is 14.0. The van der Waals surface area contributed by atoms with Gasteiger partial charge in [-0.3, -0.25) is 0 Å². The van der Waals surface area contributed by atoms with Gasteiger partial charge >= 0.3 is 58.6 Å². The second-order valence-electron chi connectivity index (χ2n) is 3.36. The molecule has 0 aromatic carbocycles. The summed E-state index contributed by atoms with van der Waals surface area (Å²) in [6.07, 6.45) is 0. The molecular formula is C5H14AsBrO. The van der Waals surface area contributed by atoms with Crippen LogP contribution in [0, 0.1) is 0 Å². The van der Waals surface area contributed by atoms with Crippen LogP contribution in [0.1, 0.15) is 0 Å². The van der Waals surface area contributed by atoms with Crippen LogP contribution in [0.15, 0.2) is 0 Å². The molecule has 52 valence electrons. The molecule has 0 bridgehead atoms. The maximum absolute atomic E-state index is 8.58. The van der Waals surface area contributed by atoms with Crippen molar-refractivity contribution >= 4 is 24.5 Å². The van der Waals surface area contributed by atoms with Gasteiger partial charge in [0.15, 0.2) is 0 Å². The zero-order valence-corrected chi connectivity index (χ0v) is 9.15. The molecule has 1 N–H and O–H groups in total. The number of halogens is 1. The minimum atomic E-state index is -2.01. The molecule has 3 heteroatoms. The van der Waals surface area contributed by atoms with E-state index in [1.54, 1.807) is 0 Å². The van der Waals surface area contributed by atoms with Crippen LogP contribution in [-0.2, 0) is 0 Å². The predicted molar refractivity (Wildman–Crippen MR) is 44.2 cm³/mol. The quantitative estimate of drug-likeness (QED) is 0.739. The topological polar surface area (TPSA) is 20.2 Å². The fourth-order valence-electron chi connectivity index (χ4n) is 0.338. The van der Waals surface area contributed by atoms with Crippen LogP contribution in [0.3, 0.4) is 0 Å². The average Bonchev–Trinajstić information content (AvgIpc) is 1.25. The van der Waals surface area contributed by atoms with E-state index >= 15 is 0 Å². The third-order valence-electron chi connectivity index (χ3n) is 0.855. The van der Waals surface area contributed by atoms with Crippen molar-refractivity contribution in [3.8, 4) is 0 Å². The fourth-order valence-corrected chi connectivity index (χ4v) is 2.58. The van der Waals surface area contributed by atoms with E-state index in [-0.39, 0.29) is 0 Å². The van der Waals surface area contributed by atoms with Gasteiger partial charge in [-0.15, -0.1) is 0 Å². The van der Waals surface area contributed by atoms with Crippen molar-refractivity contribution in [1.29, 1.82) is 0 Å². The Hall–Kier alpha value is 0.998. The van der Waals surface area contributed by atoms with E-state index in [9.17, 15) is 0 Å². The zero-order chi connectivity index (χ0) is 6.86. The molecule has 0 unspecified atom stereocenters. The third kappa shape index (κ3) is 7.00. The fraction of sp³-hybridized carbons (Fsp3) is 1.00. The van der Waals surface area contributed by atoms with Crippen LogP contribution in [0.4, 0.5) is 0 Å². The number of aliphatic hydroxyl groups excluding tert-OH is 1. The minimum absolute atomic E-state index is 0.320. The number of hydrogen-bond acceptors (Lipinski definition) is 1. The Morgan fingerprint density at radius 1 is 1.38 bits per heavy atom. The zero-order valence-electron chi connectivity index (χ0n) is 5.69. The molecule has 0 aliphatic rings. The number of rotatable bonds is 2. The van der Waals surface area contributed by atoms with E-state index in [0.29, 0.717) is 6.61 Å². The van der Waals surface area contributed by atoms with Gasteiger partial charge in [0.2, 0.25) is 0 Å². The molecule has 0 saturated carbocycles. The molecule has 0 heterocycles. The van der Waals surface area contributed by atoms with E-state index < -0.39 is 10.6 Å². The molecule has 0 atom stereocenters. The molecule has 0 rings (SSSR count). The van der Waals surface area contributed by atoms with Crippen LogP contribution in [0.25, 0.3) is 0 Å². The summed E-state index contributed by atoms with van der Waals surface area (Å²) in [4.78, 5) is 0. The molecule has 1 nitrogen and oxygen atoms in total. The molecule has 0 aromatic heterocycles. The van der Waals surface area contributed by atoms with Gasteiger partial charge in [0, 0.05) is 0 Å². The monoisotopic (exact) mass is 244 g/mol. The summed E-state index contributed by atoms with van der Waals surface area (Å²) in [5.41, 5.74) is 6.69. The van der Waals surface area contributed by atoms with Gasteiger partial charge in [0.1, 0.15) is 0 Å². The first-order chi connectivity index (χ1) is 3.31. The summed E-state index contributed by atoms with van der Waals surface area (Å²) in [7, 11) is -2.01. The summed E-state index contributed by atoms with van der Waals surface area (Å²) in [6.45, 7) is 0.320. The van der Waals surface area contributed by atoms with Crippen molar-refractivity contribution < 1.29 is 5.11 Å². The first-order valence-electron chi connectivity index (χ1n) is 2.64. The predicted octanol–water partition coefficient (Wildman–Crippen LogP) is 2.16. The van der Waals surface area contributed by atoms with Crippen LogP contribution >= 0.6 is 13.9 Å². The SMILES string of the molecule is C[As](C)(C)(Br)CCO. The molecule has 0 aliphatic carbocycles. The van der Waals surface area contributed by atoms with Crippen LogP contribution in [0.2, 0.25) is 22.3 Å². The molecule has 0 spiro atoms. The maximum atomic E-state index is 8.58. The van der Waals surface area contributed by atoms with Crippen molar-refractivity contribution in [1.82, 2.24) is 0 Å². The Morgan fingerprint density at radius 3 is 1.75 bits per heavy atom.